The first-order chi connectivity index (χ1) is 8.70. The van der Waals surface area contributed by atoms with Gasteiger partial charge in [-0.3, -0.25) is 0 Å². The summed E-state index contributed by atoms with van der Waals surface area (Å²) in [7, 11) is 0. The molecule has 0 aliphatic heterocycles. The standard InChI is InChI=1S/C15H18FNS/c1-11-4-2-7-14(8-11)18-10-13-6-3-5-12(9-17)15(13)16/h3,5-6,11,14H,2,4,7-8,10H2,1H3. The monoisotopic (exact) mass is 263 g/mol. The Morgan fingerprint density at radius 2 is 2.28 bits per heavy atom. The number of hydrogen-bond donors (Lipinski definition) is 0. The maximum Gasteiger partial charge on any atom is 0.144 e. The fraction of sp³-hybridized carbons (Fsp3) is 0.533. The quantitative estimate of drug-likeness (QED) is 0.801. The van der Waals surface area contributed by atoms with Crippen LogP contribution in [0.4, 0.5) is 4.39 Å². The van der Waals surface area contributed by atoms with Crippen LogP contribution >= 0.6 is 11.8 Å². The molecule has 0 bridgehead atoms. The first-order valence-corrected chi connectivity index (χ1v) is 7.54. The van der Waals surface area contributed by atoms with Crippen molar-refractivity contribution in [2.45, 2.75) is 43.6 Å². The first-order valence-electron chi connectivity index (χ1n) is 6.49. The maximum atomic E-state index is 13.9. The van der Waals surface area contributed by atoms with Crippen molar-refractivity contribution in [1.29, 1.82) is 5.26 Å². The van der Waals surface area contributed by atoms with Gasteiger partial charge < -0.3 is 0 Å². The zero-order valence-corrected chi connectivity index (χ0v) is 11.5. The molecular formula is C15H18FNS. The third kappa shape index (κ3) is 3.26. The van der Waals surface area contributed by atoms with E-state index >= 15 is 0 Å². The van der Waals surface area contributed by atoms with E-state index in [2.05, 4.69) is 6.92 Å². The zero-order chi connectivity index (χ0) is 13.0. The van der Waals surface area contributed by atoms with Gasteiger partial charge in [-0.1, -0.05) is 31.9 Å². The molecule has 18 heavy (non-hydrogen) atoms. The largest absolute Gasteiger partial charge is 0.205 e. The predicted molar refractivity (Wildman–Crippen MR) is 73.8 cm³/mol. The van der Waals surface area contributed by atoms with Crippen molar-refractivity contribution in [2.75, 3.05) is 0 Å². The molecule has 0 spiro atoms. The third-order valence-electron chi connectivity index (χ3n) is 3.56. The number of rotatable bonds is 3. The van der Waals surface area contributed by atoms with Crippen molar-refractivity contribution < 1.29 is 4.39 Å². The molecule has 3 heteroatoms. The molecule has 0 amide bonds. The van der Waals surface area contributed by atoms with Crippen LogP contribution in [0.25, 0.3) is 0 Å². The Bertz CT molecular complexity index is 452. The number of thioether (sulfide) groups is 1. The number of benzene rings is 1. The van der Waals surface area contributed by atoms with Crippen LogP contribution in [0.5, 0.6) is 0 Å². The number of nitrogens with zero attached hydrogens (tertiary/aromatic N) is 1. The van der Waals surface area contributed by atoms with Crippen LogP contribution in [0.15, 0.2) is 18.2 Å². The van der Waals surface area contributed by atoms with E-state index in [4.69, 9.17) is 5.26 Å². The van der Waals surface area contributed by atoms with Gasteiger partial charge in [-0.25, -0.2) is 4.39 Å². The summed E-state index contributed by atoms with van der Waals surface area (Å²) < 4.78 is 13.9. The molecule has 0 N–H and O–H groups in total. The van der Waals surface area contributed by atoms with Crippen LogP contribution in [-0.2, 0) is 5.75 Å². The van der Waals surface area contributed by atoms with Gasteiger partial charge >= 0.3 is 0 Å². The van der Waals surface area contributed by atoms with Crippen molar-refractivity contribution >= 4 is 11.8 Å². The van der Waals surface area contributed by atoms with Crippen molar-refractivity contribution in [3.8, 4) is 6.07 Å². The molecule has 1 nitrogen and oxygen atoms in total. The lowest BCUT2D eigenvalue weighted by Gasteiger charge is -2.26. The van der Waals surface area contributed by atoms with Gasteiger partial charge in [0.05, 0.1) is 5.56 Å². The van der Waals surface area contributed by atoms with Gasteiger partial charge in [0, 0.05) is 11.0 Å². The van der Waals surface area contributed by atoms with Crippen molar-refractivity contribution in [2.24, 2.45) is 5.92 Å². The Balaban J connectivity index is 1.96. The molecule has 1 saturated carbocycles. The van der Waals surface area contributed by atoms with E-state index in [1.54, 1.807) is 12.1 Å². The molecular weight excluding hydrogens is 245 g/mol. The maximum absolute atomic E-state index is 13.9. The number of nitriles is 1. The van der Waals surface area contributed by atoms with Crippen LogP contribution in [0, 0.1) is 23.1 Å². The molecule has 96 valence electrons. The highest BCUT2D eigenvalue weighted by Gasteiger charge is 2.19. The van der Waals surface area contributed by atoms with Crippen LogP contribution in [0.2, 0.25) is 0 Å². The predicted octanol–water partition coefficient (Wildman–Crippen LogP) is 4.51. The Kier molecular flexibility index (Phi) is 4.66. The Morgan fingerprint density at radius 3 is 3.00 bits per heavy atom. The molecule has 0 saturated heterocycles. The molecule has 1 fully saturated rings. The van der Waals surface area contributed by atoms with E-state index in [1.807, 2.05) is 17.8 Å². The van der Waals surface area contributed by atoms with Gasteiger partial charge in [0.15, 0.2) is 0 Å². The number of hydrogen-bond acceptors (Lipinski definition) is 2. The van der Waals surface area contributed by atoms with Crippen molar-refractivity contribution in [3.05, 3.63) is 35.1 Å². The normalized spacial score (nSPS) is 23.6. The molecule has 2 atom stereocenters. The molecule has 1 aromatic carbocycles. The topological polar surface area (TPSA) is 23.8 Å². The van der Waals surface area contributed by atoms with E-state index in [1.165, 1.54) is 31.7 Å². The second kappa shape index (κ2) is 6.24. The fourth-order valence-corrected chi connectivity index (χ4v) is 3.95. The van der Waals surface area contributed by atoms with Gasteiger partial charge in [-0.05, 0) is 30.4 Å². The summed E-state index contributed by atoms with van der Waals surface area (Å²) in [6, 6.07) is 6.98. The van der Waals surface area contributed by atoms with Crippen LogP contribution in [0.1, 0.15) is 43.7 Å². The lowest BCUT2D eigenvalue weighted by molar-refractivity contribution is 0.394. The summed E-state index contributed by atoms with van der Waals surface area (Å²) >= 11 is 1.84. The zero-order valence-electron chi connectivity index (χ0n) is 10.7. The van der Waals surface area contributed by atoms with Gasteiger partial charge in [0.25, 0.3) is 0 Å². The molecule has 2 unspecified atom stereocenters. The molecule has 1 aliphatic carbocycles. The highest BCUT2D eigenvalue weighted by molar-refractivity contribution is 7.99. The summed E-state index contributed by atoms with van der Waals surface area (Å²) in [6.45, 7) is 2.30. The summed E-state index contributed by atoms with van der Waals surface area (Å²) in [5.41, 5.74) is 0.822. The van der Waals surface area contributed by atoms with Crippen molar-refractivity contribution in [3.63, 3.8) is 0 Å². The summed E-state index contributed by atoms with van der Waals surface area (Å²) in [6.07, 6.45) is 5.10. The van der Waals surface area contributed by atoms with Gasteiger partial charge in [0.1, 0.15) is 11.9 Å². The van der Waals surface area contributed by atoms with Crippen LogP contribution in [0.3, 0.4) is 0 Å². The average Bonchev–Trinajstić information content (AvgIpc) is 2.38. The summed E-state index contributed by atoms with van der Waals surface area (Å²) in [5.74, 6) is 1.14. The Hall–Kier alpha value is -1.01. The lowest BCUT2D eigenvalue weighted by atomic mass is 9.91. The van der Waals surface area contributed by atoms with Crippen LogP contribution in [-0.4, -0.2) is 5.25 Å². The molecule has 1 aliphatic rings. The van der Waals surface area contributed by atoms with Crippen molar-refractivity contribution in [1.82, 2.24) is 0 Å². The highest BCUT2D eigenvalue weighted by Crippen LogP contribution is 2.34. The number of halogens is 1. The van der Waals surface area contributed by atoms with Gasteiger partial charge in [0.2, 0.25) is 0 Å². The Labute approximate surface area is 112 Å². The van der Waals surface area contributed by atoms with E-state index in [-0.39, 0.29) is 11.4 Å². The smallest absolute Gasteiger partial charge is 0.144 e. The van der Waals surface area contributed by atoms with Gasteiger partial charge in [-0.2, -0.15) is 17.0 Å². The van der Waals surface area contributed by atoms with E-state index in [9.17, 15) is 4.39 Å². The minimum Gasteiger partial charge on any atom is -0.205 e. The van der Waals surface area contributed by atoms with Gasteiger partial charge in [-0.15, -0.1) is 0 Å². The molecule has 0 aromatic heterocycles. The third-order valence-corrected chi connectivity index (χ3v) is 4.94. The fourth-order valence-electron chi connectivity index (χ4n) is 2.52. The second-order valence-corrected chi connectivity index (χ2v) is 6.38. The molecule has 2 rings (SSSR count). The molecule has 0 radical (unpaired) electrons. The van der Waals surface area contributed by atoms with E-state index in [0.29, 0.717) is 16.6 Å². The lowest BCUT2D eigenvalue weighted by Crippen LogP contribution is -2.15. The minimum absolute atomic E-state index is 0.158. The first kappa shape index (κ1) is 13.4. The summed E-state index contributed by atoms with van der Waals surface area (Å²) in [4.78, 5) is 0. The Morgan fingerprint density at radius 1 is 1.44 bits per heavy atom. The van der Waals surface area contributed by atoms with E-state index < -0.39 is 0 Å². The van der Waals surface area contributed by atoms with E-state index in [0.717, 1.165) is 5.92 Å². The molecule has 1 aromatic rings. The minimum atomic E-state index is -0.337. The highest BCUT2D eigenvalue weighted by atomic mass is 32.2. The second-order valence-electron chi connectivity index (χ2n) is 5.10. The SMILES string of the molecule is CC1CCCC(SCc2cccc(C#N)c2F)C1. The molecule has 0 heterocycles. The summed E-state index contributed by atoms with van der Waals surface area (Å²) in [5, 5.41) is 9.45. The average molecular weight is 263 g/mol. The van der Waals surface area contributed by atoms with Crippen LogP contribution < -0.4 is 0 Å².